The van der Waals surface area contributed by atoms with E-state index in [0.29, 0.717) is 5.69 Å². The summed E-state index contributed by atoms with van der Waals surface area (Å²) in [5.41, 5.74) is 10.3. The Morgan fingerprint density at radius 3 is 2.35 bits per heavy atom. The molecule has 0 aliphatic heterocycles. The zero-order chi connectivity index (χ0) is 14.4. The standard InChI is InChI=1S/C17H22N2O/c1-3-4-13-5-7-14(8-6-13)12-19-17-10-9-15(20-2)11-16(17)18/h5-11,19H,3-4,12,18H2,1-2H3. The lowest BCUT2D eigenvalue weighted by Crippen LogP contribution is -2.02. The molecule has 3 N–H and O–H groups in total. The maximum Gasteiger partial charge on any atom is 0.121 e. The Hall–Kier alpha value is -2.16. The molecule has 0 spiro atoms. The van der Waals surface area contributed by atoms with Crippen LogP contribution in [0.15, 0.2) is 42.5 Å². The van der Waals surface area contributed by atoms with Gasteiger partial charge in [-0.15, -0.1) is 0 Å². The smallest absolute Gasteiger partial charge is 0.121 e. The molecule has 2 aromatic rings. The Bertz CT molecular complexity index is 549. The summed E-state index contributed by atoms with van der Waals surface area (Å²) in [4.78, 5) is 0. The van der Waals surface area contributed by atoms with E-state index in [-0.39, 0.29) is 0 Å². The lowest BCUT2D eigenvalue weighted by molar-refractivity contribution is 0.415. The summed E-state index contributed by atoms with van der Waals surface area (Å²) >= 11 is 0. The molecular formula is C17H22N2O. The van der Waals surface area contributed by atoms with Gasteiger partial charge in [0.05, 0.1) is 18.5 Å². The number of ether oxygens (including phenoxy) is 1. The van der Waals surface area contributed by atoms with Gasteiger partial charge in [0, 0.05) is 12.6 Å². The molecule has 0 saturated heterocycles. The molecule has 0 bridgehead atoms. The highest BCUT2D eigenvalue weighted by Gasteiger charge is 2.01. The lowest BCUT2D eigenvalue weighted by Gasteiger charge is -2.11. The number of nitrogen functional groups attached to an aromatic ring is 1. The van der Waals surface area contributed by atoms with Crippen molar-refractivity contribution in [1.82, 2.24) is 0 Å². The average molecular weight is 270 g/mol. The first-order chi connectivity index (χ1) is 9.72. The van der Waals surface area contributed by atoms with E-state index < -0.39 is 0 Å². The van der Waals surface area contributed by atoms with E-state index in [4.69, 9.17) is 10.5 Å². The minimum absolute atomic E-state index is 0.701. The van der Waals surface area contributed by atoms with Crippen molar-refractivity contribution in [3.63, 3.8) is 0 Å². The lowest BCUT2D eigenvalue weighted by atomic mass is 10.1. The number of rotatable bonds is 6. The number of aryl methyl sites for hydroxylation is 1. The molecule has 0 saturated carbocycles. The first kappa shape index (κ1) is 14.3. The average Bonchev–Trinajstić information content (AvgIpc) is 2.48. The van der Waals surface area contributed by atoms with Crippen LogP contribution in [0.25, 0.3) is 0 Å². The molecular weight excluding hydrogens is 248 g/mol. The predicted molar refractivity (Wildman–Crippen MR) is 85.2 cm³/mol. The molecule has 3 nitrogen and oxygen atoms in total. The van der Waals surface area contributed by atoms with Crippen LogP contribution in [-0.2, 0) is 13.0 Å². The molecule has 0 atom stereocenters. The molecule has 106 valence electrons. The minimum atomic E-state index is 0.701. The Labute approximate surface area is 120 Å². The Kier molecular flexibility index (Phi) is 4.88. The number of benzene rings is 2. The quantitative estimate of drug-likeness (QED) is 0.784. The highest BCUT2D eigenvalue weighted by atomic mass is 16.5. The second-order valence-corrected chi connectivity index (χ2v) is 4.87. The van der Waals surface area contributed by atoms with Gasteiger partial charge < -0.3 is 15.8 Å². The van der Waals surface area contributed by atoms with E-state index in [9.17, 15) is 0 Å². The van der Waals surface area contributed by atoms with Crippen molar-refractivity contribution in [2.45, 2.75) is 26.3 Å². The van der Waals surface area contributed by atoms with Crippen molar-refractivity contribution in [3.8, 4) is 5.75 Å². The molecule has 0 fully saturated rings. The van der Waals surface area contributed by atoms with Crippen molar-refractivity contribution in [2.24, 2.45) is 0 Å². The third-order valence-electron chi connectivity index (χ3n) is 3.30. The normalized spacial score (nSPS) is 10.3. The number of hydrogen-bond acceptors (Lipinski definition) is 3. The molecule has 0 aromatic heterocycles. The van der Waals surface area contributed by atoms with Gasteiger partial charge >= 0.3 is 0 Å². The molecule has 0 radical (unpaired) electrons. The van der Waals surface area contributed by atoms with Gasteiger partial charge in [-0.05, 0) is 29.7 Å². The fourth-order valence-electron chi connectivity index (χ4n) is 2.14. The monoisotopic (exact) mass is 270 g/mol. The first-order valence-corrected chi connectivity index (χ1v) is 6.98. The van der Waals surface area contributed by atoms with Crippen molar-refractivity contribution in [3.05, 3.63) is 53.6 Å². The van der Waals surface area contributed by atoms with Crippen molar-refractivity contribution < 1.29 is 4.74 Å². The van der Waals surface area contributed by atoms with Gasteiger partial charge in [-0.3, -0.25) is 0 Å². The van der Waals surface area contributed by atoms with Crippen LogP contribution in [0, 0.1) is 0 Å². The SMILES string of the molecule is CCCc1ccc(CNc2ccc(OC)cc2N)cc1. The molecule has 0 unspecified atom stereocenters. The molecule has 20 heavy (non-hydrogen) atoms. The largest absolute Gasteiger partial charge is 0.497 e. The number of anilines is 2. The zero-order valence-corrected chi connectivity index (χ0v) is 12.1. The maximum absolute atomic E-state index is 5.98. The maximum atomic E-state index is 5.98. The number of nitrogens with one attached hydrogen (secondary N) is 1. The van der Waals surface area contributed by atoms with E-state index in [1.54, 1.807) is 7.11 Å². The second kappa shape index (κ2) is 6.85. The summed E-state index contributed by atoms with van der Waals surface area (Å²) in [5, 5.41) is 3.35. The van der Waals surface area contributed by atoms with Crippen molar-refractivity contribution >= 4 is 11.4 Å². The highest BCUT2D eigenvalue weighted by molar-refractivity contribution is 5.68. The highest BCUT2D eigenvalue weighted by Crippen LogP contribution is 2.24. The predicted octanol–water partition coefficient (Wildman–Crippen LogP) is 3.84. The Morgan fingerprint density at radius 2 is 1.75 bits per heavy atom. The molecule has 0 aliphatic carbocycles. The molecule has 0 heterocycles. The van der Waals surface area contributed by atoms with Gasteiger partial charge in [0.2, 0.25) is 0 Å². The molecule has 3 heteroatoms. The van der Waals surface area contributed by atoms with Crippen molar-refractivity contribution in [2.75, 3.05) is 18.2 Å². The summed E-state index contributed by atoms with van der Waals surface area (Å²) in [6.45, 7) is 2.96. The zero-order valence-electron chi connectivity index (χ0n) is 12.1. The van der Waals surface area contributed by atoms with E-state index in [2.05, 4.69) is 36.5 Å². The van der Waals surface area contributed by atoms with Crippen LogP contribution >= 0.6 is 0 Å². The van der Waals surface area contributed by atoms with Gasteiger partial charge in [-0.2, -0.15) is 0 Å². The molecule has 2 rings (SSSR count). The molecule has 2 aromatic carbocycles. The van der Waals surface area contributed by atoms with Crippen LogP contribution in [0.5, 0.6) is 5.75 Å². The Balaban J connectivity index is 1.97. The third-order valence-corrected chi connectivity index (χ3v) is 3.30. The third kappa shape index (κ3) is 3.67. The van der Waals surface area contributed by atoms with Crippen LogP contribution in [0.1, 0.15) is 24.5 Å². The van der Waals surface area contributed by atoms with E-state index >= 15 is 0 Å². The topological polar surface area (TPSA) is 47.3 Å². The van der Waals surface area contributed by atoms with Gasteiger partial charge in [-0.25, -0.2) is 0 Å². The fourth-order valence-corrected chi connectivity index (χ4v) is 2.14. The Morgan fingerprint density at radius 1 is 1.05 bits per heavy atom. The van der Waals surface area contributed by atoms with Gasteiger partial charge in [0.25, 0.3) is 0 Å². The van der Waals surface area contributed by atoms with E-state index in [1.165, 1.54) is 17.5 Å². The van der Waals surface area contributed by atoms with Gasteiger partial charge in [0.1, 0.15) is 5.75 Å². The van der Waals surface area contributed by atoms with Crippen LogP contribution < -0.4 is 15.8 Å². The van der Waals surface area contributed by atoms with Crippen LogP contribution in [0.2, 0.25) is 0 Å². The first-order valence-electron chi connectivity index (χ1n) is 6.98. The van der Waals surface area contributed by atoms with Crippen molar-refractivity contribution in [1.29, 1.82) is 0 Å². The number of methoxy groups -OCH3 is 1. The molecule has 0 amide bonds. The van der Waals surface area contributed by atoms with E-state index in [1.807, 2.05) is 18.2 Å². The second-order valence-electron chi connectivity index (χ2n) is 4.87. The summed E-state index contributed by atoms with van der Waals surface area (Å²) in [5.74, 6) is 0.775. The van der Waals surface area contributed by atoms with Gasteiger partial charge in [-0.1, -0.05) is 37.6 Å². The number of nitrogens with two attached hydrogens (primary N) is 1. The fraction of sp³-hybridized carbons (Fsp3) is 0.294. The van der Waals surface area contributed by atoms with Crippen LogP contribution in [0.4, 0.5) is 11.4 Å². The van der Waals surface area contributed by atoms with Crippen LogP contribution in [-0.4, -0.2) is 7.11 Å². The van der Waals surface area contributed by atoms with E-state index in [0.717, 1.165) is 24.4 Å². The minimum Gasteiger partial charge on any atom is -0.497 e. The number of hydrogen-bond donors (Lipinski definition) is 2. The van der Waals surface area contributed by atoms with Crippen LogP contribution in [0.3, 0.4) is 0 Å². The summed E-state index contributed by atoms with van der Waals surface area (Å²) < 4.78 is 5.14. The van der Waals surface area contributed by atoms with Gasteiger partial charge in [0.15, 0.2) is 0 Å². The summed E-state index contributed by atoms with van der Waals surface area (Å²) in [7, 11) is 1.64. The molecule has 0 aliphatic rings. The summed E-state index contributed by atoms with van der Waals surface area (Å²) in [6, 6.07) is 14.4. The summed E-state index contributed by atoms with van der Waals surface area (Å²) in [6.07, 6.45) is 2.32.